The number of aliphatic hydroxyl groups excluding tert-OH is 1. The van der Waals surface area contributed by atoms with E-state index in [4.69, 9.17) is 5.11 Å². The van der Waals surface area contributed by atoms with Crippen molar-refractivity contribution in [2.24, 2.45) is 0 Å². The van der Waals surface area contributed by atoms with E-state index in [2.05, 4.69) is 5.10 Å². The number of aromatic nitrogens is 2. The zero-order valence-corrected chi connectivity index (χ0v) is 10.8. The highest BCUT2D eigenvalue weighted by molar-refractivity contribution is 5.92. The van der Waals surface area contributed by atoms with Gasteiger partial charge in [0.2, 0.25) is 0 Å². The van der Waals surface area contributed by atoms with Gasteiger partial charge in [0.25, 0.3) is 5.91 Å². The quantitative estimate of drug-likeness (QED) is 0.803. The number of rotatable bonds is 6. The van der Waals surface area contributed by atoms with Crippen molar-refractivity contribution in [1.82, 2.24) is 14.7 Å². The first kappa shape index (κ1) is 13.7. The molecule has 17 heavy (non-hydrogen) atoms. The number of amides is 1. The molecule has 0 aliphatic rings. The predicted molar refractivity (Wildman–Crippen MR) is 65.9 cm³/mol. The van der Waals surface area contributed by atoms with Gasteiger partial charge in [0, 0.05) is 19.6 Å². The molecule has 0 bridgehead atoms. The minimum Gasteiger partial charge on any atom is -0.395 e. The second-order valence-electron chi connectivity index (χ2n) is 3.80. The Kier molecular flexibility index (Phi) is 5.15. The molecule has 0 fully saturated rings. The average Bonchev–Trinajstić information content (AvgIpc) is 2.78. The number of aryl methyl sites for hydroxylation is 2. The Morgan fingerprint density at radius 3 is 2.65 bits per heavy atom. The van der Waals surface area contributed by atoms with Crippen LogP contribution in [0.3, 0.4) is 0 Å². The molecule has 1 aromatic heterocycles. The molecule has 0 saturated heterocycles. The summed E-state index contributed by atoms with van der Waals surface area (Å²) in [6, 6.07) is 1.84. The van der Waals surface area contributed by atoms with Crippen LogP contribution in [-0.4, -0.2) is 45.4 Å². The number of nitrogens with zero attached hydrogens (tertiary/aromatic N) is 3. The number of hydrogen-bond donors (Lipinski definition) is 1. The van der Waals surface area contributed by atoms with Gasteiger partial charge in [-0.05, 0) is 26.3 Å². The number of carbonyl (C=O) groups is 1. The van der Waals surface area contributed by atoms with Crippen molar-refractivity contribution >= 4 is 5.91 Å². The second-order valence-corrected chi connectivity index (χ2v) is 3.80. The van der Waals surface area contributed by atoms with Crippen LogP contribution in [0.2, 0.25) is 0 Å². The highest BCUT2D eigenvalue weighted by Crippen LogP contribution is 2.09. The van der Waals surface area contributed by atoms with E-state index in [-0.39, 0.29) is 12.5 Å². The van der Waals surface area contributed by atoms with Crippen LogP contribution >= 0.6 is 0 Å². The summed E-state index contributed by atoms with van der Waals surface area (Å²) in [4.78, 5) is 13.9. The molecule has 1 amide bonds. The molecule has 96 valence electrons. The van der Waals surface area contributed by atoms with Crippen LogP contribution in [0.5, 0.6) is 0 Å². The Hall–Kier alpha value is -1.36. The Bertz CT molecular complexity index is 374. The van der Waals surface area contributed by atoms with Gasteiger partial charge in [-0.1, -0.05) is 6.92 Å². The van der Waals surface area contributed by atoms with Gasteiger partial charge in [-0.3, -0.25) is 9.48 Å². The van der Waals surface area contributed by atoms with E-state index in [1.54, 1.807) is 9.58 Å². The Morgan fingerprint density at radius 1 is 1.47 bits per heavy atom. The molecular formula is C12H21N3O2. The molecule has 1 aromatic rings. The third-order valence-corrected chi connectivity index (χ3v) is 2.75. The molecule has 0 aliphatic carbocycles. The van der Waals surface area contributed by atoms with E-state index in [0.29, 0.717) is 25.3 Å². The molecule has 1 N–H and O–H groups in total. The van der Waals surface area contributed by atoms with Crippen molar-refractivity contribution in [3.8, 4) is 0 Å². The zero-order valence-electron chi connectivity index (χ0n) is 10.8. The largest absolute Gasteiger partial charge is 0.395 e. The van der Waals surface area contributed by atoms with Crippen molar-refractivity contribution in [3.05, 3.63) is 17.5 Å². The van der Waals surface area contributed by atoms with Crippen LogP contribution in [-0.2, 0) is 13.0 Å². The van der Waals surface area contributed by atoms with Crippen molar-refractivity contribution in [2.45, 2.75) is 33.7 Å². The summed E-state index contributed by atoms with van der Waals surface area (Å²) >= 11 is 0. The van der Waals surface area contributed by atoms with Gasteiger partial charge < -0.3 is 10.0 Å². The van der Waals surface area contributed by atoms with Gasteiger partial charge in [0.05, 0.1) is 12.3 Å². The molecule has 1 rings (SSSR count). The predicted octanol–water partition coefficient (Wildman–Crippen LogP) is 0.920. The molecule has 0 aromatic carbocycles. The van der Waals surface area contributed by atoms with Gasteiger partial charge in [-0.15, -0.1) is 0 Å². The first-order chi connectivity index (χ1) is 8.17. The van der Waals surface area contributed by atoms with E-state index < -0.39 is 0 Å². The summed E-state index contributed by atoms with van der Waals surface area (Å²) in [7, 11) is 0. The van der Waals surface area contributed by atoms with Gasteiger partial charge >= 0.3 is 0 Å². The molecule has 5 heteroatoms. The number of carbonyl (C=O) groups excluding carboxylic acids is 1. The summed E-state index contributed by atoms with van der Waals surface area (Å²) in [6.07, 6.45) is 0.819. The van der Waals surface area contributed by atoms with Crippen LogP contribution < -0.4 is 0 Å². The minimum atomic E-state index is -0.0596. The monoisotopic (exact) mass is 239 g/mol. The van der Waals surface area contributed by atoms with Crippen molar-refractivity contribution in [3.63, 3.8) is 0 Å². The standard InChI is InChI=1S/C12H21N3O2/c1-4-10-9-11(15(6-3)13-10)12(17)14(5-2)7-8-16/h9,16H,4-8H2,1-3H3. The van der Waals surface area contributed by atoms with Crippen LogP contribution in [0.15, 0.2) is 6.07 Å². The van der Waals surface area contributed by atoms with Gasteiger partial charge in [0.15, 0.2) is 0 Å². The normalized spacial score (nSPS) is 10.6. The highest BCUT2D eigenvalue weighted by Gasteiger charge is 2.19. The Morgan fingerprint density at radius 2 is 2.18 bits per heavy atom. The lowest BCUT2D eigenvalue weighted by atomic mass is 10.3. The summed E-state index contributed by atoms with van der Waals surface area (Å²) in [5.74, 6) is -0.0596. The van der Waals surface area contributed by atoms with Crippen molar-refractivity contribution < 1.29 is 9.90 Å². The molecule has 0 spiro atoms. The van der Waals surface area contributed by atoms with E-state index >= 15 is 0 Å². The number of likely N-dealkylation sites (N-methyl/N-ethyl adjacent to an activating group) is 1. The molecule has 0 aliphatic heterocycles. The van der Waals surface area contributed by atoms with E-state index in [0.717, 1.165) is 12.1 Å². The molecule has 1 heterocycles. The van der Waals surface area contributed by atoms with Crippen LogP contribution in [0.1, 0.15) is 37.0 Å². The van der Waals surface area contributed by atoms with Crippen LogP contribution in [0, 0.1) is 0 Å². The molecule has 0 radical (unpaired) electrons. The van der Waals surface area contributed by atoms with Crippen molar-refractivity contribution in [1.29, 1.82) is 0 Å². The Labute approximate surface area is 102 Å². The van der Waals surface area contributed by atoms with Crippen LogP contribution in [0.4, 0.5) is 0 Å². The van der Waals surface area contributed by atoms with Gasteiger partial charge in [-0.2, -0.15) is 5.10 Å². The fraction of sp³-hybridized carbons (Fsp3) is 0.667. The zero-order chi connectivity index (χ0) is 12.8. The molecule has 0 saturated carbocycles. The second kappa shape index (κ2) is 6.39. The third kappa shape index (κ3) is 3.06. The smallest absolute Gasteiger partial charge is 0.272 e. The maximum absolute atomic E-state index is 12.2. The maximum atomic E-state index is 12.2. The minimum absolute atomic E-state index is 0.0134. The topological polar surface area (TPSA) is 58.4 Å². The fourth-order valence-corrected chi connectivity index (χ4v) is 1.74. The lowest BCUT2D eigenvalue weighted by molar-refractivity contribution is 0.0719. The lowest BCUT2D eigenvalue weighted by Crippen LogP contribution is -2.34. The van der Waals surface area contributed by atoms with Crippen molar-refractivity contribution in [2.75, 3.05) is 19.7 Å². The number of hydrogen-bond acceptors (Lipinski definition) is 3. The number of aliphatic hydroxyl groups is 1. The maximum Gasteiger partial charge on any atom is 0.272 e. The lowest BCUT2D eigenvalue weighted by Gasteiger charge is -2.19. The summed E-state index contributed by atoms with van der Waals surface area (Å²) in [6.45, 7) is 7.51. The summed E-state index contributed by atoms with van der Waals surface area (Å²) in [5.41, 5.74) is 1.54. The van der Waals surface area contributed by atoms with E-state index in [1.165, 1.54) is 0 Å². The molecular weight excluding hydrogens is 218 g/mol. The summed E-state index contributed by atoms with van der Waals surface area (Å²) in [5, 5.41) is 13.3. The third-order valence-electron chi connectivity index (χ3n) is 2.75. The van der Waals surface area contributed by atoms with E-state index in [1.807, 2.05) is 26.8 Å². The molecule has 0 unspecified atom stereocenters. The SMILES string of the molecule is CCc1cc(C(=O)N(CC)CCO)n(CC)n1. The van der Waals surface area contributed by atoms with Crippen LogP contribution in [0.25, 0.3) is 0 Å². The molecule has 0 atom stereocenters. The van der Waals surface area contributed by atoms with E-state index in [9.17, 15) is 4.79 Å². The Balaban J connectivity index is 2.96. The fourth-order valence-electron chi connectivity index (χ4n) is 1.74. The highest BCUT2D eigenvalue weighted by atomic mass is 16.3. The molecule has 5 nitrogen and oxygen atoms in total. The first-order valence-electron chi connectivity index (χ1n) is 6.14. The first-order valence-corrected chi connectivity index (χ1v) is 6.14. The summed E-state index contributed by atoms with van der Waals surface area (Å²) < 4.78 is 1.72. The average molecular weight is 239 g/mol. The van der Waals surface area contributed by atoms with Gasteiger partial charge in [-0.25, -0.2) is 0 Å². The van der Waals surface area contributed by atoms with Gasteiger partial charge in [0.1, 0.15) is 5.69 Å².